The van der Waals surface area contributed by atoms with Gasteiger partial charge in [-0.25, -0.2) is 0 Å². The first kappa shape index (κ1) is 22.2. The highest BCUT2D eigenvalue weighted by atomic mass is 19.4. The zero-order valence-electron chi connectivity index (χ0n) is 17.3. The lowest BCUT2D eigenvalue weighted by molar-refractivity contribution is -0.143. The van der Waals surface area contributed by atoms with Gasteiger partial charge in [0.1, 0.15) is 0 Å². The summed E-state index contributed by atoms with van der Waals surface area (Å²) in [6.07, 6.45) is 3.10. The maximum Gasteiger partial charge on any atom is 0.401 e. The molecule has 2 N–H and O–H groups in total. The van der Waals surface area contributed by atoms with Crippen molar-refractivity contribution in [2.75, 3.05) is 46.3 Å². The Hall–Kier alpha value is -1.51. The van der Waals surface area contributed by atoms with Crippen LogP contribution < -0.4 is 10.6 Å². The van der Waals surface area contributed by atoms with Crippen molar-refractivity contribution in [3.8, 4) is 0 Å². The molecular formula is C20H34F3N5O. The van der Waals surface area contributed by atoms with E-state index in [4.69, 9.17) is 0 Å². The second kappa shape index (κ2) is 10.00. The minimum Gasteiger partial charge on any atom is -0.356 e. The number of nitrogens with zero attached hydrogens (tertiary/aromatic N) is 3. The smallest absolute Gasteiger partial charge is 0.356 e. The van der Waals surface area contributed by atoms with E-state index in [2.05, 4.69) is 15.6 Å². The van der Waals surface area contributed by atoms with Gasteiger partial charge in [0.15, 0.2) is 5.96 Å². The fourth-order valence-electron chi connectivity index (χ4n) is 4.79. The van der Waals surface area contributed by atoms with Crippen LogP contribution in [-0.4, -0.2) is 80.2 Å². The number of nitrogens with one attached hydrogen (secondary N) is 2. The first-order valence-corrected chi connectivity index (χ1v) is 10.9. The predicted octanol–water partition coefficient (Wildman–Crippen LogP) is 2.22. The van der Waals surface area contributed by atoms with Crippen LogP contribution in [0.25, 0.3) is 0 Å². The summed E-state index contributed by atoms with van der Waals surface area (Å²) >= 11 is 0. The zero-order chi connectivity index (χ0) is 20.9. The van der Waals surface area contributed by atoms with Gasteiger partial charge in [-0.05, 0) is 38.1 Å². The van der Waals surface area contributed by atoms with Gasteiger partial charge in [0.2, 0.25) is 5.91 Å². The van der Waals surface area contributed by atoms with Crippen molar-refractivity contribution in [3.63, 3.8) is 0 Å². The molecule has 0 aromatic rings. The number of rotatable bonds is 5. The van der Waals surface area contributed by atoms with Crippen LogP contribution in [0.4, 0.5) is 13.2 Å². The van der Waals surface area contributed by atoms with Crippen LogP contribution in [0.5, 0.6) is 0 Å². The summed E-state index contributed by atoms with van der Waals surface area (Å²) in [5.74, 6) is 1.34. The molecule has 2 heterocycles. The number of carbonyl (C=O) groups excluding carboxylic acids is 1. The average molecular weight is 418 g/mol. The highest BCUT2D eigenvalue weighted by Crippen LogP contribution is 2.27. The van der Waals surface area contributed by atoms with Gasteiger partial charge in [-0.15, -0.1) is 0 Å². The molecule has 6 nitrogen and oxygen atoms in total. The SMILES string of the molecule is CN=C(NCC1CCN(CC(F)(F)F)C1)NC1CCN(C(=O)C2CCCCC2)C1. The number of hydrogen-bond acceptors (Lipinski definition) is 3. The molecule has 0 bridgehead atoms. The lowest BCUT2D eigenvalue weighted by Gasteiger charge is -2.26. The molecule has 1 saturated carbocycles. The van der Waals surface area contributed by atoms with E-state index in [1.54, 1.807) is 7.05 Å². The van der Waals surface area contributed by atoms with Crippen LogP contribution in [0.3, 0.4) is 0 Å². The number of amides is 1. The quantitative estimate of drug-likeness (QED) is 0.532. The number of likely N-dealkylation sites (tertiary alicyclic amines) is 2. The molecule has 0 aromatic heterocycles. The number of halogens is 3. The normalized spacial score (nSPS) is 27.4. The molecular weight excluding hydrogens is 383 g/mol. The third-order valence-corrected chi connectivity index (χ3v) is 6.35. The highest BCUT2D eigenvalue weighted by molar-refractivity contribution is 5.81. The number of hydrogen-bond donors (Lipinski definition) is 2. The lowest BCUT2D eigenvalue weighted by Crippen LogP contribution is -2.47. The second-order valence-corrected chi connectivity index (χ2v) is 8.71. The van der Waals surface area contributed by atoms with Gasteiger partial charge in [0, 0.05) is 45.2 Å². The van der Waals surface area contributed by atoms with E-state index >= 15 is 0 Å². The summed E-state index contributed by atoms with van der Waals surface area (Å²) < 4.78 is 37.6. The Kier molecular flexibility index (Phi) is 7.65. The molecule has 2 atom stereocenters. The van der Waals surface area contributed by atoms with Crippen molar-refractivity contribution in [2.24, 2.45) is 16.8 Å². The van der Waals surface area contributed by atoms with Gasteiger partial charge in [-0.3, -0.25) is 14.7 Å². The lowest BCUT2D eigenvalue weighted by atomic mass is 9.88. The Morgan fingerprint density at radius 3 is 2.52 bits per heavy atom. The van der Waals surface area contributed by atoms with E-state index in [0.29, 0.717) is 38.0 Å². The largest absolute Gasteiger partial charge is 0.401 e. The number of aliphatic imine (C=N–C) groups is 1. The van der Waals surface area contributed by atoms with Crippen molar-refractivity contribution in [3.05, 3.63) is 0 Å². The van der Waals surface area contributed by atoms with E-state index in [9.17, 15) is 18.0 Å². The Balaban J connectivity index is 1.38. The summed E-state index contributed by atoms with van der Waals surface area (Å²) in [5.41, 5.74) is 0. The molecule has 1 aliphatic carbocycles. The molecule has 9 heteroatoms. The molecule has 3 fully saturated rings. The Morgan fingerprint density at radius 2 is 1.83 bits per heavy atom. The first-order chi connectivity index (χ1) is 13.8. The molecule has 1 amide bonds. The molecule has 2 unspecified atom stereocenters. The molecule has 0 aromatic carbocycles. The molecule has 2 aliphatic heterocycles. The second-order valence-electron chi connectivity index (χ2n) is 8.71. The molecule has 29 heavy (non-hydrogen) atoms. The van der Waals surface area contributed by atoms with Crippen LogP contribution in [-0.2, 0) is 4.79 Å². The number of guanidine groups is 1. The molecule has 3 aliphatic rings. The van der Waals surface area contributed by atoms with E-state index in [-0.39, 0.29) is 17.9 Å². The van der Waals surface area contributed by atoms with E-state index in [0.717, 1.165) is 45.1 Å². The summed E-state index contributed by atoms with van der Waals surface area (Å²) in [6, 6.07) is 0.166. The fourth-order valence-corrected chi connectivity index (χ4v) is 4.79. The van der Waals surface area contributed by atoms with Crippen LogP contribution in [0, 0.1) is 11.8 Å². The van der Waals surface area contributed by atoms with Crippen LogP contribution in [0.2, 0.25) is 0 Å². The van der Waals surface area contributed by atoms with Gasteiger partial charge in [-0.1, -0.05) is 19.3 Å². The summed E-state index contributed by atoms with van der Waals surface area (Å²) in [4.78, 5) is 20.4. The minimum absolute atomic E-state index is 0.166. The van der Waals surface area contributed by atoms with Crippen molar-refractivity contribution in [1.29, 1.82) is 0 Å². The van der Waals surface area contributed by atoms with Crippen LogP contribution in [0.1, 0.15) is 44.9 Å². The maximum absolute atomic E-state index is 12.7. The average Bonchev–Trinajstić information content (AvgIpc) is 3.33. The Bertz CT molecular complexity index is 577. The molecule has 2 saturated heterocycles. The topological polar surface area (TPSA) is 60.0 Å². The van der Waals surface area contributed by atoms with Gasteiger partial charge in [-0.2, -0.15) is 13.2 Å². The van der Waals surface area contributed by atoms with Gasteiger partial charge in [0.25, 0.3) is 0 Å². The Morgan fingerprint density at radius 1 is 1.07 bits per heavy atom. The van der Waals surface area contributed by atoms with Crippen molar-refractivity contribution < 1.29 is 18.0 Å². The van der Waals surface area contributed by atoms with E-state index < -0.39 is 12.7 Å². The number of alkyl halides is 3. The van der Waals surface area contributed by atoms with Gasteiger partial charge < -0.3 is 15.5 Å². The molecule has 0 spiro atoms. The van der Waals surface area contributed by atoms with Crippen molar-refractivity contribution >= 4 is 11.9 Å². The predicted molar refractivity (Wildman–Crippen MR) is 107 cm³/mol. The third-order valence-electron chi connectivity index (χ3n) is 6.35. The van der Waals surface area contributed by atoms with Crippen molar-refractivity contribution in [2.45, 2.75) is 57.2 Å². The van der Waals surface area contributed by atoms with Gasteiger partial charge >= 0.3 is 6.18 Å². The van der Waals surface area contributed by atoms with Crippen LogP contribution in [0.15, 0.2) is 4.99 Å². The summed E-state index contributed by atoms with van der Waals surface area (Å²) in [7, 11) is 1.69. The van der Waals surface area contributed by atoms with E-state index in [1.165, 1.54) is 11.3 Å². The third kappa shape index (κ3) is 6.76. The maximum atomic E-state index is 12.7. The fraction of sp³-hybridized carbons (Fsp3) is 0.900. The summed E-state index contributed by atoms with van der Waals surface area (Å²) in [5, 5.41) is 6.63. The highest BCUT2D eigenvalue weighted by Gasteiger charge is 2.35. The standard InChI is InChI=1S/C20H34F3N5O/c1-24-19(25-11-15-7-9-27(12-15)14-20(21,22)23)26-17-8-10-28(13-17)18(29)16-5-3-2-4-6-16/h15-17H,2-14H2,1H3,(H2,24,25,26). The summed E-state index contributed by atoms with van der Waals surface area (Å²) in [6.45, 7) is 2.18. The minimum atomic E-state index is -4.14. The molecule has 166 valence electrons. The molecule has 0 radical (unpaired) electrons. The zero-order valence-corrected chi connectivity index (χ0v) is 17.3. The molecule has 3 rings (SSSR count). The first-order valence-electron chi connectivity index (χ1n) is 10.9. The Labute approximate surface area is 171 Å². The van der Waals surface area contributed by atoms with Crippen molar-refractivity contribution in [1.82, 2.24) is 20.4 Å². The number of carbonyl (C=O) groups is 1. The van der Waals surface area contributed by atoms with Gasteiger partial charge in [0.05, 0.1) is 6.54 Å². The monoisotopic (exact) mass is 417 g/mol. The van der Waals surface area contributed by atoms with E-state index in [1.807, 2.05) is 4.90 Å². The van der Waals surface area contributed by atoms with Crippen LogP contribution >= 0.6 is 0 Å².